The number of nitrogens with one attached hydrogen (secondary N) is 4. The highest BCUT2D eigenvalue weighted by Crippen LogP contribution is 2.38. The van der Waals surface area contributed by atoms with E-state index in [4.69, 9.17) is 26.4 Å². The van der Waals surface area contributed by atoms with Crippen LogP contribution in [0.25, 0.3) is 22.5 Å². The van der Waals surface area contributed by atoms with E-state index in [2.05, 4.69) is 31.2 Å². The molecule has 4 heterocycles. The minimum atomic E-state index is -0.349. The van der Waals surface area contributed by atoms with Crippen LogP contribution in [0, 0.1) is 6.92 Å². The number of rotatable bonds is 13. The maximum atomic E-state index is 13.2. The quantitative estimate of drug-likeness (QED) is 0.140. The highest BCUT2D eigenvalue weighted by atomic mass is 35.5. The summed E-state index contributed by atoms with van der Waals surface area (Å²) in [4.78, 5) is 38.4. The van der Waals surface area contributed by atoms with E-state index in [1.54, 1.807) is 31.1 Å². The van der Waals surface area contributed by atoms with Crippen LogP contribution in [0.2, 0.25) is 5.02 Å². The lowest BCUT2D eigenvalue weighted by molar-refractivity contribution is -0.119. The predicted molar refractivity (Wildman–Crippen MR) is 172 cm³/mol. The van der Waals surface area contributed by atoms with Crippen molar-refractivity contribution in [2.24, 2.45) is 7.05 Å². The molecule has 0 radical (unpaired) electrons. The number of ether oxygens (including phenoxy) is 1. The van der Waals surface area contributed by atoms with Gasteiger partial charge in [-0.25, -0.2) is 9.97 Å². The van der Waals surface area contributed by atoms with E-state index in [-0.39, 0.29) is 30.3 Å². The maximum Gasteiger partial charge on any atom is 0.291 e. The number of carbonyl (C=O) groups excluding carboxylic acids is 2. The fourth-order valence-electron chi connectivity index (χ4n) is 5.30. The van der Waals surface area contributed by atoms with Crippen molar-refractivity contribution in [3.8, 4) is 28.4 Å². The van der Waals surface area contributed by atoms with Gasteiger partial charge in [0.1, 0.15) is 0 Å². The number of hydrogen-bond acceptors (Lipinski definition) is 9. The molecule has 4 aromatic rings. The number of carbonyl (C=O) groups is 2. The zero-order chi connectivity index (χ0) is 31.9. The largest absolute Gasteiger partial charge is 0.481 e. The Kier molecular flexibility index (Phi) is 10.4. The lowest BCUT2D eigenvalue weighted by atomic mass is 10.0. The fraction of sp³-hybridized carbons (Fsp3) is 0.344. The minimum Gasteiger partial charge on any atom is -0.481 e. The Bertz CT molecular complexity index is 1690. The van der Waals surface area contributed by atoms with Crippen molar-refractivity contribution < 1.29 is 19.4 Å². The summed E-state index contributed by atoms with van der Waals surface area (Å²) in [5.74, 6) is 0.487. The molecule has 0 unspecified atom stereocenters. The van der Waals surface area contributed by atoms with Gasteiger partial charge >= 0.3 is 0 Å². The third-order valence-corrected chi connectivity index (χ3v) is 8.03. The van der Waals surface area contributed by atoms with Gasteiger partial charge in [0.05, 0.1) is 35.8 Å². The first-order valence-electron chi connectivity index (χ1n) is 14.7. The van der Waals surface area contributed by atoms with E-state index < -0.39 is 0 Å². The van der Waals surface area contributed by atoms with Crippen molar-refractivity contribution in [2.45, 2.75) is 38.9 Å². The monoisotopic (exact) mass is 632 g/mol. The molecule has 0 spiro atoms. The smallest absolute Gasteiger partial charge is 0.291 e. The van der Waals surface area contributed by atoms with E-state index >= 15 is 0 Å². The Hall–Kier alpha value is -4.36. The number of benzene rings is 1. The van der Waals surface area contributed by atoms with Crippen LogP contribution in [0.15, 0.2) is 48.8 Å². The molecule has 13 heteroatoms. The molecule has 0 saturated carbocycles. The average molecular weight is 633 g/mol. The van der Waals surface area contributed by atoms with Gasteiger partial charge in [-0.15, -0.1) is 0 Å². The van der Waals surface area contributed by atoms with Gasteiger partial charge < -0.3 is 35.7 Å². The lowest BCUT2D eigenvalue weighted by Gasteiger charge is -2.16. The fourth-order valence-corrected chi connectivity index (χ4v) is 5.61. The van der Waals surface area contributed by atoms with Crippen molar-refractivity contribution in [3.05, 3.63) is 76.5 Å². The zero-order valence-corrected chi connectivity index (χ0v) is 26.2. The average Bonchev–Trinajstić information content (AvgIpc) is 3.63. The van der Waals surface area contributed by atoms with Crippen LogP contribution in [-0.4, -0.2) is 69.3 Å². The summed E-state index contributed by atoms with van der Waals surface area (Å²) in [7, 11) is 3.34. The van der Waals surface area contributed by atoms with E-state index in [1.807, 2.05) is 43.3 Å². The topological polar surface area (TPSA) is 155 Å². The zero-order valence-electron chi connectivity index (χ0n) is 25.5. The number of aromatic nitrogens is 4. The molecule has 45 heavy (non-hydrogen) atoms. The van der Waals surface area contributed by atoms with Crippen LogP contribution in [0.5, 0.6) is 5.88 Å². The molecule has 1 fully saturated rings. The normalized spacial score (nSPS) is 14.4. The number of aliphatic hydroxyl groups is 1. The second-order valence-electron chi connectivity index (χ2n) is 10.8. The molecule has 12 nitrogen and oxygen atoms in total. The van der Waals surface area contributed by atoms with Crippen LogP contribution in [0.1, 0.15) is 40.3 Å². The van der Waals surface area contributed by atoms with E-state index in [1.165, 1.54) is 0 Å². The summed E-state index contributed by atoms with van der Waals surface area (Å²) in [6, 6.07) is 11.4. The number of amides is 2. The molecule has 0 aliphatic carbocycles. The van der Waals surface area contributed by atoms with Crippen LogP contribution in [0.4, 0.5) is 5.69 Å². The van der Waals surface area contributed by atoms with Gasteiger partial charge in [0, 0.05) is 80.5 Å². The van der Waals surface area contributed by atoms with Crippen molar-refractivity contribution in [3.63, 3.8) is 0 Å². The van der Waals surface area contributed by atoms with Crippen LogP contribution < -0.4 is 26.0 Å². The van der Waals surface area contributed by atoms with Gasteiger partial charge in [-0.3, -0.25) is 14.6 Å². The first-order valence-corrected chi connectivity index (χ1v) is 15.1. The molecule has 5 rings (SSSR count). The van der Waals surface area contributed by atoms with E-state index in [0.29, 0.717) is 71.8 Å². The van der Waals surface area contributed by atoms with E-state index in [0.717, 1.165) is 23.1 Å². The van der Waals surface area contributed by atoms with Gasteiger partial charge in [-0.05, 0) is 37.1 Å². The van der Waals surface area contributed by atoms with Gasteiger partial charge in [0.2, 0.25) is 11.8 Å². The Morgan fingerprint density at radius 3 is 2.76 bits per heavy atom. The lowest BCUT2D eigenvalue weighted by Crippen LogP contribution is -2.35. The third-order valence-electron chi connectivity index (χ3n) is 7.65. The van der Waals surface area contributed by atoms with Crippen molar-refractivity contribution >= 4 is 29.1 Å². The van der Waals surface area contributed by atoms with Gasteiger partial charge in [-0.2, -0.15) is 0 Å². The number of hydrogen-bond donors (Lipinski definition) is 5. The summed E-state index contributed by atoms with van der Waals surface area (Å²) in [6.45, 7) is 4.02. The number of methoxy groups -OCH3 is 1. The van der Waals surface area contributed by atoms with Crippen LogP contribution in [0.3, 0.4) is 0 Å². The highest BCUT2D eigenvalue weighted by molar-refractivity contribution is 6.35. The number of halogens is 1. The van der Waals surface area contributed by atoms with Gasteiger partial charge in [0.25, 0.3) is 5.91 Å². The summed E-state index contributed by atoms with van der Waals surface area (Å²) in [6.07, 6.45) is 4.85. The number of imidazole rings is 1. The maximum absolute atomic E-state index is 13.2. The molecule has 5 N–H and O–H groups in total. The standard InChI is InChI=1S/C32H37ClN8O4/c1-19-23(5-4-6-25(19)39-31(44)30-38-22(18-41(30)2)17-34-13-14-42)29-28(33)24(11-12-36-29)26-9-7-20(32(40-26)45-3)15-35-16-21-8-10-27(43)37-21/h4-7,9,11-12,18,21,34-35,42H,8,10,13-17H2,1-3H3,(H,37,43)(H,39,44)/t21-/m1/s1. The summed E-state index contributed by atoms with van der Waals surface area (Å²) in [5.41, 5.74) is 5.63. The molecule has 1 atom stereocenters. The molecule has 1 aliphatic heterocycles. The Labute approximate surface area is 266 Å². The van der Waals surface area contributed by atoms with Gasteiger partial charge in [0.15, 0.2) is 5.82 Å². The molecule has 1 aliphatic rings. The SMILES string of the molecule is COc1nc(-c2ccnc(-c3cccc(NC(=O)c4nc(CNCCO)cn4C)c3C)c2Cl)ccc1CNC[C@H]1CCC(=O)N1. The van der Waals surface area contributed by atoms with Gasteiger partial charge in [-0.1, -0.05) is 29.8 Å². The molecule has 1 aromatic carbocycles. The Morgan fingerprint density at radius 2 is 2.00 bits per heavy atom. The first-order chi connectivity index (χ1) is 21.8. The molecule has 3 aromatic heterocycles. The third kappa shape index (κ3) is 7.48. The van der Waals surface area contributed by atoms with Crippen LogP contribution in [-0.2, 0) is 24.9 Å². The predicted octanol–water partition coefficient (Wildman–Crippen LogP) is 3.22. The van der Waals surface area contributed by atoms with Crippen molar-refractivity contribution in [2.75, 3.05) is 32.1 Å². The molecule has 236 valence electrons. The summed E-state index contributed by atoms with van der Waals surface area (Å²) < 4.78 is 7.27. The number of anilines is 1. The highest BCUT2D eigenvalue weighted by Gasteiger charge is 2.21. The number of aryl methyl sites for hydroxylation is 1. The molecule has 1 saturated heterocycles. The van der Waals surface area contributed by atoms with Crippen molar-refractivity contribution in [1.29, 1.82) is 0 Å². The van der Waals surface area contributed by atoms with E-state index in [9.17, 15) is 9.59 Å². The van der Waals surface area contributed by atoms with Crippen molar-refractivity contribution in [1.82, 2.24) is 35.5 Å². The molecule has 2 amide bonds. The Balaban J connectivity index is 1.34. The first kappa shape index (κ1) is 32.0. The summed E-state index contributed by atoms with van der Waals surface area (Å²) >= 11 is 6.97. The molecular formula is C32H37ClN8O4. The Morgan fingerprint density at radius 1 is 1.16 bits per heavy atom. The number of pyridine rings is 2. The molecule has 0 bridgehead atoms. The number of aliphatic hydroxyl groups excluding tert-OH is 1. The summed E-state index contributed by atoms with van der Waals surface area (Å²) in [5, 5.41) is 21.8. The minimum absolute atomic E-state index is 0.0242. The number of nitrogens with zero attached hydrogens (tertiary/aromatic N) is 4. The van der Waals surface area contributed by atoms with Crippen LogP contribution >= 0.6 is 11.6 Å². The second kappa shape index (κ2) is 14.6. The molecular weight excluding hydrogens is 596 g/mol. The second-order valence-corrected chi connectivity index (χ2v) is 11.2.